The molecule has 0 spiro atoms. The van der Waals surface area contributed by atoms with Crippen LogP contribution in [-0.2, 0) is 0 Å². The van der Waals surface area contributed by atoms with Crippen LogP contribution < -0.4 is 15.5 Å². The van der Waals surface area contributed by atoms with Crippen LogP contribution in [0.1, 0.15) is 25.7 Å². The van der Waals surface area contributed by atoms with Crippen molar-refractivity contribution in [3.63, 3.8) is 0 Å². The van der Waals surface area contributed by atoms with Crippen molar-refractivity contribution in [3.05, 3.63) is 29.8 Å². The summed E-state index contributed by atoms with van der Waals surface area (Å²) < 4.78 is 28.0. The van der Waals surface area contributed by atoms with Crippen molar-refractivity contribution in [1.82, 2.24) is 15.5 Å². The fourth-order valence-corrected chi connectivity index (χ4v) is 4.01. The van der Waals surface area contributed by atoms with Crippen molar-refractivity contribution in [2.45, 2.75) is 31.7 Å². The lowest BCUT2D eigenvalue weighted by Crippen LogP contribution is -2.45. The highest BCUT2D eigenvalue weighted by molar-refractivity contribution is 14.0. The number of aliphatic imine (C=N–C) groups is 1. The SMILES string of the molecule is CN=C(NCCC1CCN(C)CC1)NC1CCN(c2c(F)cccc2F)C1.I. The minimum Gasteiger partial charge on any atom is -0.365 e. The van der Waals surface area contributed by atoms with E-state index in [9.17, 15) is 8.78 Å². The van der Waals surface area contributed by atoms with Crippen molar-refractivity contribution in [2.75, 3.05) is 51.7 Å². The molecule has 2 fully saturated rings. The molecule has 0 aliphatic carbocycles. The van der Waals surface area contributed by atoms with E-state index in [1.54, 1.807) is 11.9 Å². The summed E-state index contributed by atoms with van der Waals surface area (Å²) >= 11 is 0. The zero-order valence-electron chi connectivity index (χ0n) is 16.8. The van der Waals surface area contributed by atoms with E-state index in [0.29, 0.717) is 13.1 Å². The molecule has 1 aromatic carbocycles. The maximum absolute atomic E-state index is 14.0. The molecule has 158 valence electrons. The first-order chi connectivity index (χ1) is 13.1. The Hall–Kier alpha value is -1.16. The van der Waals surface area contributed by atoms with Crippen LogP contribution in [0.25, 0.3) is 0 Å². The molecule has 1 aromatic rings. The van der Waals surface area contributed by atoms with Gasteiger partial charge in [-0.3, -0.25) is 4.99 Å². The summed E-state index contributed by atoms with van der Waals surface area (Å²) in [5.74, 6) is 0.536. The van der Waals surface area contributed by atoms with Gasteiger partial charge in [-0.2, -0.15) is 0 Å². The zero-order chi connectivity index (χ0) is 19.2. The van der Waals surface area contributed by atoms with Gasteiger partial charge in [-0.05, 0) is 63.9 Å². The van der Waals surface area contributed by atoms with Crippen LogP contribution >= 0.6 is 24.0 Å². The molecular weight excluding hydrogens is 475 g/mol. The summed E-state index contributed by atoms with van der Waals surface area (Å²) in [6.07, 6.45) is 4.49. The molecule has 0 amide bonds. The topological polar surface area (TPSA) is 42.9 Å². The van der Waals surface area contributed by atoms with Gasteiger partial charge in [0.2, 0.25) is 0 Å². The number of nitrogens with one attached hydrogen (secondary N) is 2. The lowest BCUT2D eigenvalue weighted by molar-refractivity contribution is 0.213. The number of hydrogen-bond acceptors (Lipinski definition) is 3. The Labute approximate surface area is 184 Å². The number of para-hydroxylation sites is 1. The fraction of sp³-hybridized carbons (Fsp3) is 0.650. The Bertz CT molecular complexity index is 629. The third-order valence-corrected chi connectivity index (χ3v) is 5.69. The van der Waals surface area contributed by atoms with E-state index < -0.39 is 11.6 Å². The van der Waals surface area contributed by atoms with Crippen LogP contribution in [0.15, 0.2) is 23.2 Å². The van der Waals surface area contributed by atoms with Gasteiger partial charge in [-0.1, -0.05) is 6.07 Å². The highest BCUT2D eigenvalue weighted by Crippen LogP contribution is 2.26. The molecule has 1 atom stereocenters. The molecular formula is C20H32F2IN5. The number of anilines is 1. The largest absolute Gasteiger partial charge is 0.365 e. The molecule has 2 N–H and O–H groups in total. The molecule has 0 saturated carbocycles. The summed E-state index contributed by atoms with van der Waals surface area (Å²) in [4.78, 5) is 8.45. The second-order valence-corrected chi connectivity index (χ2v) is 7.68. The molecule has 0 aromatic heterocycles. The molecule has 2 saturated heterocycles. The van der Waals surface area contributed by atoms with E-state index >= 15 is 0 Å². The van der Waals surface area contributed by atoms with Gasteiger partial charge < -0.3 is 20.4 Å². The summed E-state index contributed by atoms with van der Waals surface area (Å²) in [5.41, 5.74) is 0.0759. The second kappa shape index (κ2) is 11.1. The van der Waals surface area contributed by atoms with Crippen molar-refractivity contribution >= 4 is 35.6 Å². The van der Waals surface area contributed by atoms with Gasteiger partial charge in [-0.25, -0.2) is 8.78 Å². The number of nitrogens with zero attached hydrogens (tertiary/aromatic N) is 3. The van der Waals surface area contributed by atoms with Crippen LogP contribution in [0.3, 0.4) is 0 Å². The zero-order valence-corrected chi connectivity index (χ0v) is 19.1. The minimum atomic E-state index is -0.503. The first kappa shape index (κ1) is 23.1. The third kappa shape index (κ3) is 6.17. The Morgan fingerprint density at radius 1 is 1.14 bits per heavy atom. The van der Waals surface area contributed by atoms with Gasteiger partial charge in [-0.15, -0.1) is 24.0 Å². The maximum Gasteiger partial charge on any atom is 0.191 e. The molecule has 3 rings (SSSR count). The monoisotopic (exact) mass is 507 g/mol. The lowest BCUT2D eigenvalue weighted by atomic mass is 9.94. The van der Waals surface area contributed by atoms with E-state index in [4.69, 9.17) is 0 Å². The average molecular weight is 507 g/mol. The summed E-state index contributed by atoms with van der Waals surface area (Å²) in [5, 5.41) is 6.78. The number of likely N-dealkylation sites (tertiary alicyclic amines) is 1. The molecule has 0 bridgehead atoms. The quantitative estimate of drug-likeness (QED) is 0.366. The van der Waals surface area contributed by atoms with Gasteiger partial charge in [0.05, 0.1) is 0 Å². The van der Waals surface area contributed by atoms with Crippen molar-refractivity contribution in [2.24, 2.45) is 10.9 Å². The third-order valence-electron chi connectivity index (χ3n) is 5.69. The van der Waals surface area contributed by atoms with E-state index in [1.165, 1.54) is 44.1 Å². The first-order valence-electron chi connectivity index (χ1n) is 9.91. The predicted octanol–water partition coefficient (Wildman–Crippen LogP) is 3.06. The Morgan fingerprint density at radius 2 is 1.82 bits per heavy atom. The van der Waals surface area contributed by atoms with Crippen LogP contribution in [0, 0.1) is 17.6 Å². The van der Waals surface area contributed by atoms with Gasteiger partial charge in [0.25, 0.3) is 0 Å². The fourth-order valence-electron chi connectivity index (χ4n) is 4.01. The van der Waals surface area contributed by atoms with E-state index in [2.05, 4.69) is 27.6 Å². The normalized spacial score (nSPS) is 21.5. The van der Waals surface area contributed by atoms with Crippen molar-refractivity contribution in [3.8, 4) is 0 Å². The highest BCUT2D eigenvalue weighted by Gasteiger charge is 2.27. The van der Waals surface area contributed by atoms with Crippen molar-refractivity contribution < 1.29 is 8.78 Å². The van der Waals surface area contributed by atoms with E-state index in [-0.39, 0.29) is 35.7 Å². The number of halogens is 3. The van der Waals surface area contributed by atoms with Crippen LogP contribution in [0.2, 0.25) is 0 Å². The molecule has 28 heavy (non-hydrogen) atoms. The Kier molecular flexibility index (Phi) is 9.20. The summed E-state index contributed by atoms with van der Waals surface area (Å²) in [6.45, 7) is 4.45. The van der Waals surface area contributed by atoms with E-state index in [1.807, 2.05) is 0 Å². The maximum atomic E-state index is 14.0. The van der Waals surface area contributed by atoms with Crippen molar-refractivity contribution in [1.29, 1.82) is 0 Å². The highest BCUT2D eigenvalue weighted by atomic mass is 127. The Morgan fingerprint density at radius 3 is 2.46 bits per heavy atom. The number of piperidine rings is 1. The molecule has 2 heterocycles. The molecule has 0 radical (unpaired) electrons. The first-order valence-corrected chi connectivity index (χ1v) is 9.91. The minimum absolute atomic E-state index is 0. The number of guanidine groups is 1. The number of hydrogen-bond donors (Lipinski definition) is 2. The summed E-state index contributed by atoms with van der Waals surface area (Å²) in [7, 11) is 3.94. The van der Waals surface area contributed by atoms with Gasteiger partial charge in [0.1, 0.15) is 17.3 Å². The second-order valence-electron chi connectivity index (χ2n) is 7.68. The lowest BCUT2D eigenvalue weighted by Gasteiger charge is -2.29. The smallest absolute Gasteiger partial charge is 0.191 e. The van der Waals surface area contributed by atoms with Crippen LogP contribution in [0.4, 0.5) is 14.5 Å². The number of benzene rings is 1. The molecule has 2 aliphatic rings. The molecule has 1 unspecified atom stereocenters. The number of rotatable bonds is 5. The Balaban J connectivity index is 0.00000280. The van der Waals surface area contributed by atoms with Crippen LogP contribution in [-0.4, -0.2) is 63.7 Å². The molecule has 8 heteroatoms. The standard InChI is InChI=1S/C20H31F2N5.HI/c1-23-20(24-10-6-15-7-11-26(2)12-8-15)25-16-9-13-27(14-16)19-17(21)4-3-5-18(19)22;/h3-5,15-16H,6-14H2,1-2H3,(H2,23,24,25);1H. The predicted molar refractivity (Wildman–Crippen MR) is 122 cm³/mol. The van der Waals surface area contributed by atoms with Crippen LogP contribution in [0.5, 0.6) is 0 Å². The molecule has 5 nitrogen and oxygen atoms in total. The average Bonchev–Trinajstić information content (AvgIpc) is 3.10. The summed E-state index contributed by atoms with van der Waals surface area (Å²) in [6, 6.07) is 4.14. The van der Waals surface area contributed by atoms with E-state index in [0.717, 1.165) is 31.3 Å². The van der Waals surface area contributed by atoms with Gasteiger partial charge in [0, 0.05) is 32.7 Å². The molecule has 2 aliphatic heterocycles. The van der Waals surface area contributed by atoms with Gasteiger partial charge in [0.15, 0.2) is 5.96 Å². The van der Waals surface area contributed by atoms with Gasteiger partial charge >= 0.3 is 0 Å².